The van der Waals surface area contributed by atoms with Gasteiger partial charge >= 0.3 is 0 Å². The molecule has 2 aliphatic rings. The van der Waals surface area contributed by atoms with Crippen LogP contribution >= 0.6 is 15.9 Å². The molecule has 2 aliphatic heterocycles. The van der Waals surface area contributed by atoms with Crippen molar-refractivity contribution < 1.29 is 4.79 Å². The van der Waals surface area contributed by atoms with Crippen molar-refractivity contribution in [3.8, 4) is 5.69 Å². The van der Waals surface area contributed by atoms with Gasteiger partial charge in [0.2, 0.25) is 5.91 Å². The third kappa shape index (κ3) is 5.09. The highest BCUT2D eigenvalue weighted by molar-refractivity contribution is 9.10. The second-order valence-electron chi connectivity index (χ2n) is 10.5. The highest BCUT2D eigenvalue weighted by Gasteiger charge is 2.32. The number of hydrogen-bond acceptors (Lipinski definition) is 4. The molecule has 38 heavy (non-hydrogen) atoms. The molecule has 0 saturated carbocycles. The van der Waals surface area contributed by atoms with Gasteiger partial charge in [0.25, 0.3) is 0 Å². The van der Waals surface area contributed by atoms with Crippen LogP contribution in [0.1, 0.15) is 24.2 Å². The Bertz CT molecular complexity index is 1440. The number of likely N-dealkylation sites (tertiary alicyclic amines) is 1. The highest BCUT2D eigenvalue weighted by atomic mass is 79.9. The molecule has 7 heteroatoms. The number of nitrogens with zero attached hydrogens (tertiary/aromatic N) is 5. The minimum Gasteiger partial charge on any atom is -0.368 e. The summed E-state index contributed by atoms with van der Waals surface area (Å²) in [5.41, 5.74) is 5.79. The summed E-state index contributed by atoms with van der Waals surface area (Å²) in [6.07, 6.45) is 2.01. The van der Waals surface area contributed by atoms with Crippen LogP contribution in [0.3, 0.4) is 0 Å². The molecule has 4 aromatic rings. The van der Waals surface area contributed by atoms with Crippen LogP contribution in [-0.4, -0.2) is 64.5 Å². The third-order valence-electron chi connectivity index (χ3n) is 7.96. The second-order valence-corrected chi connectivity index (χ2v) is 11.4. The Kier molecular flexibility index (Phi) is 7.22. The van der Waals surface area contributed by atoms with Crippen molar-refractivity contribution in [3.05, 3.63) is 88.7 Å². The van der Waals surface area contributed by atoms with Crippen molar-refractivity contribution in [2.75, 3.05) is 44.2 Å². The van der Waals surface area contributed by atoms with Gasteiger partial charge in [-0.05, 0) is 68.3 Å². The summed E-state index contributed by atoms with van der Waals surface area (Å²) in [5.74, 6) is 1.39. The van der Waals surface area contributed by atoms with Gasteiger partial charge in [-0.3, -0.25) is 14.3 Å². The van der Waals surface area contributed by atoms with Gasteiger partial charge in [-0.25, -0.2) is 4.98 Å². The Hall–Kier alpha value is -3.16. The lowest BCUT2D eigenvalue weighted by molar-refractivity contribution is -0.137. The zero-order valence-corrected chi connectivity index (χ0v) is 23.5. The summed E-state index contributed by atoms with van der Waals surface area (Å²) >= 11 is 3.63. The molecule has 0 unspecified atom stereocenters. The average Bonchev–Trinajstić information content (AvgIpc) is 3.31. The maximum Gasteiger partial charge on any atom is 0.227 e. The van der Waals surface area contributed by atoms with Gasteiger partial charge in [0.1, 0.15) is 5.82 Å². The van der Waals surface area contributed by atoms with Crippen molar-refractivity contribution in [1.82, 2.24) is 19.4 Å². The van der Waals surface area contributed by atoms with E-state index in [1.807, 2.05) is 12.1 Å². The molecular formula is C31H34BrN5O. The van der Waals surface area contributed by atoms with Gasteiger partial charge in [-0.1, -0.05) is 52.3 Å². The number of imidazole rings is 1. The predicted molar refractivity (Wildman–Crippen MR) is 157 cm³/mol. The topological polar surface area (TPSA) is 44.6 Å². The molecule has 196 valence electrons. The number of benzene rings is 3. The van der Waals surface area contributed by atoms with Crippen LogP contribution in [0.4, 0.5) is 5.69 Å². The molecule has 2 saturated heterocycles. The van der Waals surface area contributed by atoms with E-state index in [1.165, 1.54) is 11.3 Å². The van der Waals surface area contributed by atoms with Gasteiger partial charge in [0.15, 0.2) is 0 Å². The molecule has 0 N–H and O–H groups in total. The highest BCUT2D eigenvalue weighted by Crippen LogP contribution is 2.27. The first-order valence-corrected chi connectivity index (χ1v) is 14.4. The Morgan fingerprint density at radius 2 is 1.74 bits per heavy atom. The molecule has 3 aromatic carbocycles. The molecule has 6 nitrogen and oxygen atoms in total. The average molecular weight is 573 g/mol. The van der Waals surface area contributed by atoms with Crippen molar-refractivity contribution in [3.63, 3.8) is 0 Å². The van der Waals surface area contributed by atoms with Crippen LogP contribution in [0.25, 0.3) is 16.7 Å². The number of para-hydroxylation sites is 3. The van der Waals surface area contributed by atoms with E-state index < -0.39 is 0 Å². The number of carbonyl (C=O) groups excluding carboxylic acids is 1. The molecule has 1 aromatic heterocycles. The van der Waals surface area contributed by atoms with E-state index in [4.69, 9.17) is 4.98 Å². The summed E-state index contributed by atoms with van der Waals surface area (Å²) in [7, 11) is 0. The largest absolute Gasteiger partial charge is 0.368 e. The molecule has 0 radical (unpaired) electrons. The summed E-state index contributed by atoms with van der Waals surface area (Å²) < 4.78 is 3.31. The lowest BCUT2D eigenvalue weighted by Crippen LogP contribution is -2.52. The van der Waals surface area contributed by atoms with Gasteiger partial charge in [0.05, 0.1) is 23.5 Å². The molecule has 1 amide bonds. The minimum atomic E-state index is 0.0532. The van der Waals surface area contributed by atoms with Crippen LogP contribution in [-0.2, 0) is 11.3 Å². The lowest BCUT2D eigenvalue weighted by atomic mass is 9.96. The fraction of sp³-hybridized carbons (Fsp3) is 0.355. The molecule has 6 rings (SSSR count). The number of anilines is 1. The second kappa shape index (κ2) is 10.9. The number of carbonyl (C=O) groups is 1. The normalized spacial score (nSPS) is 18.7. The van der Waals surface area contributed by atoms with Gasteiger partial charge in [-0.2, -0.15) is 0 Å². The van der Waals surface area contributed by atoms with Gasteiger partial charge in [-0.15, -0.1) is 0 Å². The summed E-state index contributed by atoms with van der Waals surface area (Å²) in [6, 6.07) is 25.2. The smallest absolute Gasteiger partial charge is 0.227 e. The third-order valence-corrected chi connectivity index (χ3v) is 8.46. The zero-order valence-electron chi connectivity index (χ0n) is 21.9. The van der Waals surface area contributed by atoms with Crippen LogP contribution in [0.15, 0.2) is 77.3 Å². The van der Waals surface area contributed by atoms with E-state index in [-0.39, 0.29) is 5.92 Å². The van der Waals surface area contributed by atoms with E-state index in [9.17, 15) is 4.79 Å². The number of amides is 1. The van der Waals surface area contributed by atoms with E-state index in [0.29, 0.717) is 5.91 Å². The fourth-order valence-electron chi connectivity index (χ4n) is 6.03. The number of aromatic nitrogens is 2. The SMILES string of the molecule is Cc1ccccc1N1CCN(C(=O)[C@@H]2CCCN(Cc3nc4ccccc4n3-c3cccc(Br)c3)C2)CC1. The number of piperidine rings is 1. The number of aryl methyl sites for hydroxylation is 1. The summed E-state index contributed by atoms with van der Waals surface area (Å²) in [4.78, 5) is 25.5. The van der Waals surface area contributed by atoms with Crippen LogP contribution in [0.2, 0.25) is 0 Å². The number of halogens is 1. The quantitative estimate of drug-likeness (QED) is 0.310. The maximum absolute atomic E-state index is 13.6. The first-order valence-electron chi connectivity index (χ1n) is 13.6. The molecule has 1 atom stereocenters. The van der Waals surface area contributed by atoms with Crippen molar-refractivity contribution in [2.45, 2.75) is 26.3 Å². The first kappa shape index (κ1) is 25.1. The molecule has 0 aliphatic carbocycles. The first-order chi connectivity index (χ1) is 18.6. The summed E-state index contributed by atoms with van der Waals surface area (Å²) in [5, 5.41) is 0. The van der Waals surface area contributed by atoms with E-state index in [0.717, 1.165) is 85.7 Å². The molecule has 0 bridgehead atoms. The Morgan fingerprint density at radius 3 is 2.55 bits per heavy atom. The van der Waals surface area contributed by atoms with E-state index in [1.54, 1.807) is 0 Å². The monoisotopic (exact) mass is 571 g/mol. The standard InChI is InChI=1S/C31H34BrN5O/c1-23-8-2-4-13-28(23)35-16-18-36(19-17-35)31(38)24-9-7-15-34(21-24)22-30-33-27-12-3-5-14-29(27)37(30)26-11-6-10-25(32)20-26/h2-6,8,10-14,20,24H,7,9,15-19,21-22H2,1H3/t24-/m1/s1. The van der Waals surface area contributed by atoms with Crippen LogP contribution in [0, 0.1) is 12.8 Å². The number of hydrogen-bond donors (Lipinski definition) is 0. The van der Waals surface area contributed by atoms with Gasteiger partial charge in [0, 0.05) is 48.6 Å². The van der Waals surface area contributed by atoms with Crippen LogP contribution in [0.5, 0.6) is 0 Å². The van der Waals surface area contributed by atoms with Crippen molar-refractivity contribution >= 4 is 38.6 Å². The Labute approximate surface area is 233 Å². The van der Waals surface area contributed by atoms with Gasteiger partial charge < -0.3 is 9.80 Å². The molecule has 0 spiro atoms. The Morgan fingerprint density at radius 1 is 0.947 bits per heavy atom. The van der Waals surface area contributed by atoms with Crippen molar-refractivity contribution in [2.24, 2.45) is 5.92 Å². The lowest BCUT2D eigenvalue weighted by Gasteiger charge is -2.40. The fourth-order valence-corrected chi connectivity index (χ4v) is 6.42. The van der Waals surface area contributed by atoms with Crippen molar-refractivity contribution in [1.29, 1.82) is 0 Å². The minimum absolute atomic E-state index is 0.0532. The van der Waals surface area contributed by atoms with E-state index in [2.05, 4.69) is 103 Å². The summed E-state index contributed by atoms with van der Waals surface area (Å²) in [6.45, 7) is 8.05. The number of fused-ring (bicyclic) bond motifs is 1. The molecular weight excluding hydrogens is 538 g/mol. The van der Waals surface area contributed by atoms with Crippen LogP contribution < -0.4 is 4.90 Å². The molecule has 3 heterocycles. The Balaban J connectivity index is 1.15. The number of piperazine rings is 1. The van der Waals surface area contributed by atoms with E-state index >= 15 is 0 Å². The zero-order chi connectivity index (χ0) is 26.1. The maximum atomic E-state index is 13.6. The predicted octanol–water partition coefficient (Wildman–Crippen LogP) is 5.66. The molecule has 2 fully saturated rings. The number of rotatable bonds is 5.